The maximum absolute atomic E-state index is 11.1. The van der Waals surface area contributed by atoms with Gasteiger partial charge in [0.2, 0.25) is 0 Å². The smallest absolute Gasteiger partial charge is 0.335 e. The maximum atomic E-state index is 11.1. The molecule has 114 valence electrons. The number of aryl methyl sites for hydroxylation is 1. The molecule has 0 aliphatic rings. The lowest BCUT2D eigenvalue weighted by molar-refractivity contribution is 0.0697. The van der Waals surface area contributed by atoms with Gasteiger partial charge in [0.05, 0.1) is 17.9 Å². The number of ether oxygens (including phenoxy) is 1. The van der Waals surface area contributed by atoms with E-state index in [1.807, 2.05) is 39.0 Å². The number of aromatic carboxylic acids is 1. The van der Waals surface area contributed by atoms with Crippen molar-refractivity contribution in [3.05, 3.63) is 58.7 Å². The first-order valence-electron chi connectivity index (χ1n) is 7.13. The van der Waals surface area contributed by atoms with E-state index in [1.54, 1.807) is 18.3 Å². The van der Waals surface area contributed by atoms with Gasteiger partial charge in [0.1, 0.15) is 5.75 Å². The van der Waals surface area contributed by atoms with Gasteiger partial charge >= 0.3 is 5.97 Å². The van der Waals surface area contributed by atoms with E-state index < -0.39 is 5.97 Å². The summed E-state index contributed by atoms with van der Waals surface area (Å²) in [5.74, 6) is -0.342. The van der Waals surface area contributed by atoms with E-state index in [4.69, 9.17) is 9.84 Å². The molecule has 4 heteroatoms. The number of carbonyl (C=O) groups is 1. The number of carboxylic acid groups (broad SMARTS) is 1. The van der Waals surface area contributed by atoms with Crippen LogP contribution < -0.4 is 4.74 Å². The molecule has 22 heavy (non-hydrogen) atoms. The zero-order chi connectivity index (χ0) is 16.1. The molecule has 1 N–H and O–H groups in total. The van der Waals surface area contributed by atoms with Crippen molar-refractivity contribution in [3.8, 4) is 5.75 Å². The van der Waals surface area contributed by atoms with Crippen LogP contribution in [0.3, 0.4) is 0 Å². The minimum Gasteiger partial charge on any atom is -0.493 e. The van der Waals surface area contributed by atoms with Crippen molar-refractivity contribution in [2.75, 3.05) is 6.61 Å². The lowest BCUT2D eigenvalue weighted by atomic mass is 10.1. The van der Waals surface area contributed by atoms with Crippen LogP contribution in [0.25, 0.3) is 0 Å². The summed E-state index contributed by atoms with van der Waals surface area (Å²) >= 11 is 0. The van der Waals surface area contributed by atoms with Crippen LogP contribution in [0.2, 0.25) is 0 Å². The van der Waals surface area contributed by atoms with Crippen LogP contribution in [0.4, 0.5) is 5.69 Å². The lowest BCUT2D eigenvalue weighted by Crippen LogP contribution is -2.01. The molecule has 0 saturated carbocycles. The van der Waals surface area contributed by atoms with Crippen molar-refractivity contribution in [1.29, 1.82) is 0 Å². The van der Waals surface area contributed by atoms with E-state index >= 15 is 0 Å². The number of nitrogens with zero attached hydrogens (tertiary/aromatic N) is 1. The van der Waals surface area contributed by atoms with E-state index in [2.05, 4.69) is 4.99 Å². The predicted molar refractivity (Wildman–Crippen MR) is 87.7 cm³/mol. The highest BCUT2D eigenvalue weighted by molar-refractivity contribution is 5.93. The number of hydrogen-bond acceptors (Lipinski definition) is 3. The van der Waals surface area contributed by atoms with E-state index in [9.17, 15) is 4.79 Å². The molecule has 0 radical (unpaired) electrons. The third-order valence-electron chi connectivity index (χ3n) is 3.48. The maximum Gasteiger partial charge on any atom is 0.335 e. The highest BCUT2D eigenvalue weighted by atomic mass is 16.5. The first-order valence-corrected chi connectivity index (χ1v) is 7.13. The second kappa shape index (κ2) is 6.89. The second-order valence-electron chi connectivity index (χ2n) is 4.97. The molecule has 4 nitrogen and oxygen atoms in total. The van der Waals surface area contributed by atoms with Crippen LogP contribution in [-0.4, -0.2) is 23.9 Å². The van der Waals surface area contributed by atoms with E-state index in [0.29, 0.717) is 17.9 Å². The monoisotopic (exact) mass is 297 g/mol. The summed E-state index contributed by atoms with van der Waals surface area (Å²) < 4.78 is 5.53. The third kappa shape index (κ3) is 3.52. The van der Waals surface area contributed by atoms with E-state index in [0.717, 1.165) is 11.3 Å². The van der Waals surface area contributed by atoms with Gasteiger partial charge in [-0.3, -0.25) is 4.99 Å². The number of carboxylic acids is 1. The van der Waals surface area contributed by atoms with Crippen LogP contribution in [0, 0.1) is 13.8 Å². The van der Waals surface area contributed by atoms with Crippen LogP contribution in [-0.2, 0) is 0 Å². The second-order valence-corrected chi connectivity index (χ2v) is 4.97. The van der Waals surface area contributed by atoms with Crippen molar-refractivity contribution < 1.29 is 14.6 Å². The third-order valence-corrected chi connectivity index (χ3v) is 3.48. The van der Waals surface area contributed by atoms with Crippen LogP contribution in [0.15, 0.2) is 41.4 Å². The van der Waals surface area contributed by atoms with E-state index in [-0.39, 0.29) is 5.56 Å². The molecular weight excluding hydrogens is 278 g/mol. The molecule has 2 aromatic carbocycles. The molecule has 0 heterocycles. The van der Waals surface area contributed by atoms with Crippen molar-refractivity contribution >= 4 is 17.9 Å². The summed E-state index contributed by atoms with van der Waals surface area (Å²) in [7, 11) is 0. The van der Waals surface area contributed by atoms with E-state index in [1.165, 1.54) is 11.6 Å². The summed E-state index contributed by atoms with van der Waals surface area (Å²) in [6.07, 6.45) is 1.65. The molecule has 0 atom stereocenters. The summed E-state index contributed by atoms with van der Waals surface area (Å²) in [5.41, 5.74) is 4.00. The zero-order valence-corrected chi connectivity index (χ0v) is 13.0. The number of benzene rings is 2. The quantitative estimate of drug-likeness (QED) is 0.843. The topological polar surface area (TPSA) is 58.9 Å². The molecule has 0 bridgehead atoms. The molecule has 0 aliphatic heterocycles. The summed E-state index contributed by atoms with van der Waals surface area (Å²) in [6.45, 7) is 6.44. The molecule has 0 aliphatic carbocycles. The van der Waals surface area contributed by atoms with Crippen molar-refractivity contribution in [3.63, 3.8) is 0 Å². The van der Waals surface area contributed by atoms with Gasteiger partial charge in [0.25, 0.3) is 0 Å². The van der Waals surface area contributed by atoms with Crippen LogP contribution in [0.1, 0.15) is 34.0 Å². The molecule has 2 rings (SSSR count). The fraction of sp³-hybridized carbons (Fsp3) is 0.222. The Morgan fingerprint density at radius 1 is 1.27 bits per heavy atom. The van der Waals surface area contributed by atoms with Gasteiger partial charge in [0, 0.05) is 11.8 Å². The van der Waals surface area contributed by atoms with Gasteiger partial charge in [-0.1, -0.05) is 12.1 Å². The number of hydrogen-bond donors (Lipinski definition) is 1. The molecule has 0 spiro atoms. The Morgan fingerprint density at radius 2 is 2.05 bits per heavy atom. The van der Waals surface area contributed by atoms with Gasteiger partial charge in [-0.2, -0.15) is 0 Å². The molecule has 0 aromatic heterocycles. The first kappa shape index (κ1) is 15.8. The fourth-order valence-electron chi connectivity index (χ4n) is 2.08. The minimum absolute atomic E-state index is 0.214. The molecule has 0 amide bonds. The number of rotatable bonds is 5. The average molecular weight is 297 g/mol. The average Bonchev–Trinajstić information content (AvgIpc) is 2.50. The fourth-order valence-corrected chi connectivity index (χ4v) is 2.08. The Kier molecular flexibility index (Phi) is 4.94. The van der Waals surface area contributed by atoms with Gasteiger partial charge in [-0.25, -0.2) is 4.79 Å². The molecule has 0 unspecified atom stereocenters. The molecule has 0 fully saturated rings. The van der Waals surface area contributed by atoms with Crippen LogP contribution in [0.5, 0.6) is 5.75 Å². The Hall–Kier alpha value is -2.62. The largest absolute Gasteiger partial charge is 0.493 e. The van der Waals surface area contributed by atoms with Crippen LogP contribution >= 0.6 is 0 Å². The highest BCUT2D eigenvalue weighted by Crippen LogP contribution is 2.23. The van der Waals surface area contributed by atoms with Gasteiger partial charge in [-0.15, -0.1) is 0 Å². The molecular formula is C18H19NO3. The first-order chi connectivity index (χ1) is 10.5. The zero-order valence-electron chi connectivity index (χ0n) is 13.0. The Balaban J connectivity index is 2.41. The number of aliphatic imine (C=N–C) groups is 1. The summed E-state index contributed by atoms with van der Waals surface area (Å²) in [4.78, 5) is 15.6. The highest BCUT2D eigenvalue weighted by Gasteiger charge is 2.08. The minimum atomic E-state index is -0.968. The SMILES string of the molecule is CCOc1ccc(C(=O)O)cc1C=Nc1cccc(C)c1C. The predicted octanol–water partition coefficient (Wildman–Crippen LogP) is 4.15. The Labute approximate surface area is 130 Å². The summed E-state index contributed by atoms with van der Waals surface area (Å²) in [5, 5.41) is 9.11. The van der Waals surface area contributed by atoms with Gasteiger partial charge in [0.15, 0.2) is 0 Å². The summed E-state index contributed by atoms with van der Waals surface area (Å²) in [6, 6.07) is 10.7. The standard InChI is InChI=1S/C18H19NO3/c1-4-22-17-9-8-14(18(20)21)10-15(17)11-19-16-7-5-6-12(2)13(16)3/h5-11H,4H2,1-3H3,(H,20,21). The Bertz CT molecular complexity index is 720. The van der Waals surface area contributed by atoms with Crippen molar-refractivity contribution in [2.24, 2.45) is 4.99 Å². The Morgan fingerprint density at radius 3 is 2.73 bits per heavy atom. The molecule has 2 aromatic rings. The van der Waals surface area contributed by atoms with Gasteiger partial charge < -0.3 is 9.84 Å². The van der Waals surface area contributed by atoms with Gasteiger partial charge in [-0.05, 0) is 56.2 Å². The van der Waals surface area contributed by atoms with Crippen molar-refractivity contribution in [2.45, 2.75) is 20.8 Å². The van der Waals surface area contributed by atoms with Crippen molar-refractivity contribution in [1.82, 2.24) is 0 Å². The lowest BCUT2D eigenvalue weighted by Gasteiger charge is -2.08. The normalized spacial score (nSPS) is 10.9. The molecule has 0 saturated heterocycles.